The van der Waals surface area contributed by atoms with Gasteiger partial charge in [0.1, 0.15) is 6.54 Å². The second-order valence-electron chi connectivity index (χ2n) is 5.78. The number of carbonyl (C=O) groups is 2. The third kappa shape index (κ3) is 6.45. The molecule has 0 heterocycles. The predicted octanol–water partition coefficient (Wildman–Crippen LogP) is 2.06. The van der Waals surface area contributed by atoms with Gasteiger partial charge in [-0.25, -0.2) is 4.79 Å². The molecule has 5 nitrogen and oxygen atoms in total. The summed E-state index contributed by atoms with van der Waals surface area (Å²) in [4.78, 5) is 23.0. The molecule has 0 aromatic heterocycles. The van der Waals surface area contributed by atoms with Gasteiger partial charge in [-0.05, 0) is 24.7 Å². The van der Waals surface area contributed by atoms with Gasteiger partial charge in [-0.1, -0.05) is 33.6 Å². The van der Waals surface area contributed by atoms with E-state index in [4.69, 9.17) is 4.74 Å². The SMILES string of the molecule is CC(C)COC(=O)NCC(=O)N[C@@H]1CCCC[C@@H]1C. The first-order valence-corrected chi connectivity index (χ1v) is 7.19. The normalized spacial score (nSPS) is 22.9. The summed E-state index contributed by atoms with van der Waals surface area (Å²) in [6.45, 7) is 6.44. The van der Waals surface area contributed by atoms with E-state index in [1.54, 1.807) is 0 Å². The fourth-order valence-electron chi connectivity index (χ4n) is 2.23. The predicted molar refractivity (Wildman–Crippen MR) is 73.8 cm³/mol. The van der Waals surface area contributed by atoms with Gasteiger partial charge in [0.15, 0.2) is 0 Å². The molecule has 2 amide bonds. The lowest BCUT2D eigenvalue weighted by Gasteiger charge is -2.29. The van der Waals surface area contributed by atoms with Crippen LogP contribution in [0.15, 0.2) is 0 Å². The van der Waals surface area contributed by atoms with E-state index in [9.17, 15) is 9.59 Å². The van der Waals surface area contributed by atoms with Crippen molar-refractivity contribution in [2.45, 2.75) is 52.5 Å². The number of hydrogen-bond acceptors (Lipinski definition) is 3. The number of amides is 2. The molecule has 1 rings (SSSR count). The maximum Gasteiger partial charge on any atom is 0.407 e. The zero-order valence-electron chi connectivity index (χ0n) is 12.2. The van der Waals surface area contributed by atoms with Crippen molar-refractivity contribution in [2.24, 2.45) is 11.8 Å². The average molecular weight is 270 g/mol. The van der Waals surface area contributed by atoms with Gasteiger partial charge in [0.25, 0.3) is 0 Å². The van der Waals surface area contributed by atoms with Gasteiger partial charge >= 0.3 is 6.09 Å². The zero-order chi connectivity index (χ0) is 14.3. The van der Waals surface area contributed by atoms with Gasteiger partial charge in [0.05, 0.1) is 6.61 Å². The Morgan fingerprint density at radius 3 is 2.58 bits per heavy atom. The number of rotatable bonds is 5. The molecule has 0 aliphatic heterocycles. The molecule has 0 radical (unpaired) electrons. The Morgan fingerprint density at radius 2 is 1.95 bits per heavy atom. The van der Waals surface area contributed by atoms with Crippen molar-refractivity contribution >= 4 is 12.0 Å². The number of nitrogens with one attached hydrogen (secondary N) is 2. The van der Waals surface area contributed by atoms with E-state index in [1.165, 1.54) is 12.8 Å². The summed E-state index contributed by atoms with van der Waals surface area (Å²) in [7, 11) is 0. The van der Waals surface area contributed by atoms with Crippen LogP contribution in [-0.2, 0) is 9.53 Å². The van der Waals surface area contributed by atoms with Crippen molar-refractivity contribution in [3.8, 4) is 0 Å². The molecule has 0 aromatic carbocycles. The minimum absolute atomic E-state index is 0.0137. The largest absolute Gasteiger partial charge is 0.449 e. The number of alkyl carbamates (subject to hydrolysis) is 1. The van der Waals surface area contributed by atoms with Crippen molar-refractivity contribution < 1.29 is 14.3 Å². The topological polar surface area (TPSA) is 67.4 Å². The number of hydrogen-bond donors (Lipinski definition) is 2. The first kappa shape index (κ1) is 15.8. The fourth-order valence-corrected chi connectivity index (χ4v) is 2.23. The second-order valence-corrected chi connectivity index (χ2v) is 5.78. The molecule has 110 valence electrons. The molecular weight excluding hydrogens is 244 g/mol. The quantitative estimate of drug-likeness (QED) is 0.803. The molecule has 2 atom stereocenters. The fraction of sp³-hybridized carbons (Fsp3) is 0.857. The van der Waals surface area contributed by atoms with Crippen molar-refractivity contribution in [3.05, 3.63) is 0 Å². The van der Waals surface area contributed by atoms with Crippen LogP contribution in [-0.4, -0.2) is 31.2 Å². The smallest absolute Gasteiger partial charge is 0.407 e. The molecule has 0 unspecified atom stereocenters. The van der Waals surface area contributed by atoms with E-state index >= 15 is 0 Å². The first-order valence-electron chi connectivity index (χ1n) is 7.19. The van der Waals surface area contributed by atoms with E-state index in [0.29, 0.717) is 18.4 Å². The summed E-state index contributed by atoms with van der Waals surface area (Å²) in [5.41, 5.74) is 0. The monoisotopic (exact) mass is 270 g/mol. The molecule has 1 saturated carbocycles. The molecule has 0 spiro atoms. The van der Waals surface area contributed by atoms with Crippen LogP contribution in [0.25, 0.3) is 0 Å². The molecule has 1 aliphatic carbocycles. The summed E-state index contributed by atoms with van der Waals surface area (Å²) >= 11 is 0. The molecule has 1 fully saturated rings. The van der Waals surface area contributed by atoms with E-state index in [1.807, 2.05) is 13.8 Å². The molecule has 0 saturated heterocycles. The second kappa shape index (κ2) is 8.02. The highest BCUT2D eigenvalue weighted by atomic mass is 16.5. The van der Waals surface area contributed by atoms with E-state index in [0.717, 1.165) is 12.8 Å². The van der Waals surface area contributed by atoms with Gasteiger partial charge in [-0.2, -0.15) is 0 Å². The van der Waals surface area contributed by atoms with Crippen molar-refractivity contribution in [3.63, 3.8) is 0 Å². The van der Waals surface area contributed by atoms with Gasteiger partial charge in [0.2, 0.25) is 5.91 Å². The lowest BCUT2D eigenvalue weighted by molar-refractivity contribution is -0.121. The van der Waals surface area contributed by atoms with E-state index < -0.39 is 6.09 Å². The molecule has 0 bridgehead atoms. The van der Waals surface area contributed by atoms with E-state index in [-0.39, 0.29) is 18.5 Å². The Balaban J connectivity index is 2.18. The standard InChI is InChI=1S/C14H26N2O3/c1-10(2)9-19-14(18)15-8-13(17)16-12-7-5-4-6-11(12)3/h10-12H,4-9H2,1-3H3,(H,15,18)(H,16,17)/t11-,12+/m0/s1. The lowest BCUT2D eigenvalue weighted by atomic mass is 9.86. The summed E-state index contributed by atoms with van der Waals surface area (Å²) < 4.78 is 4.93. The molecule has 0 aromatic rings. The van der Waals surface area contributed by atoms with Crippen molar-refractivity contribution in [2.75, 3.05) is 13.2 Å². The third-order valence-corrected chi connectivity index (χ3v) is 3.40. The molecule has 19 heavy (non-hydrogen) atoms. The van der Waals surface area contributed by atoms with Crippen LogP contribution in [0, 0.1) is 11.8 Å². The Labute approximate surface area is 115 Å². The maximum atomic E-state index is 11.7. The highest BCUT2D eigenvalue weighted by Crippen LogP contribution is 2.23. The Bertz CT molecular complexity index is 305. The Kier molecular flexibility index (Phi) is 6.67. The van der Waals surface area contributed by atoms with Crippen LogP contribution in [0.1, 0.15) is 46.5 Å². The van der Waals surface area contributed by atoms with Crippen LogP contribution in [0.3, 0.4) is 0 Å². The zero-order valence-corrected chi connectivity index (χ0v) is 12.2. The van der Waals surface area contributed by atoms with Gasteiger partial charge in [-0.3, -0.25) is 4.79 Å². The minimum Gasteiger partial charge on any atom is -0.449 e. The number of ether oxygens (including phenoxy) is 1. The minimum atomic E-state index is -0.527. The molecule has 2 N–H and O–H groups in total. The number of carbonyl (C=O) groups excluding carboxylic acids is 2. The summed E-state index contributed by atoms with van der Waals surface area (Å²) in [5, 5.41) is 5.45. The van der Waals surface area contributed by atoms with Crippen LogP contribution < -0.4 is 10.6 Å². The van der Waals surface area contributed by atoms with Crippen LogP contribution in [0.5, 0.6) is 0 Å². The summed E-state index contributed by atoms with van der Waals surface area (Å²) in [6.07, 6.45) is 4.08. The maximum absolute atomic E-state index is 11.7. The van der Waals surface area contributed by atoms with Crippen molar-refractivity contribution in [1.82, 2.24) is 10.6 Å². The summed E-state index contributed by atoms with van der Waals surface area (Å²) in [6, 6.07) is 0.245. The molecule has 1 aliphatic rings. The lowest BCUT2D eigenvalue weighted by Crippen LogP contribution is -2.45. The molecule has 5 heteroatoms. The highest BCUT2D eigenvalue weighted by Gasteiger charge is 2.22. The Morgan fingerprint density at radius 1 is 1.26 bits per heavy atom. The van der Waals surface area contributed by atoms with Gasteiger partial charge in [-0.15, -0.1) is 0 Å². The van der Waals surface area contributed by atoms with Gasteiger partial charge < -0.3 is 15.4 Å². The average Bonchev–Trinajstić information content (AvgIpc) is 2.36. The third-order valence-electron chi connectivity index (χ3n) is 3.40. The summed E-state index contributed by atoms with van der Waals surface area (Å²) in [5.74, 6) is 0.675. The van der Waals surface area contributed by atoms with Crippen LogP contribution in [0.4, 0.5) is 4.79 Å². The van der Waals surface area contributed by atoms with Gasteiger partial charge in [0, 0.05) is 6.04 Å². The van der Waals surface area contributed by atoms with Crippen molar-refractivity contribution in [1.29, 1.82) is 0 Å². The van der Waals surface area contributed by atoms with Crippen LogP contribution >= 0.6 is 0 Å². The van der Waals surface area contributed by atoms with Crippen LogP contribution in [0.2, 0.25) is 0 Å². The molecular formula is C14H26N2O3. The first-order chi connectivity index (χ1) is 8.99. The highest BCUT2D eigenvalue weighted by molar-refractivity contribution is 5.82. The Hall–Kier alpha value is -1.26. The van der Waals surface area contributed by atoms with E-state index in [2.05, 4.69) is 17.6 Å².